The summed E-state index contributed by atoms with van der Waals surface area (Å²) in [4.78, 5) is 24.3. The summed E-state index contributed by atoms with van der Waals surface area (Å²) in [5, 5.41) is 6.01. The zero-order valence-electron chi connectivity index (χ0n) is 14.1. The Balaban J connectivity index is 2.05. The van der Waals surface area contributed by atoms with Gasteiger partial charge in [0, 0.05) is 10.6 Å². The van der Waals surface area contributed by atoms with Crippen molar-refractivity contribution in [2.24, 2.45) is 5.73 Å². The van der Waals surface area contributed by atoms with Crippen molar-refractivity contribution in [2.75, 3.05) is 23.5 Å². The lowest BCUT2D eigenvalue weighted by atomic mass is 10.2. The number of hydrogen-bond donors (Lipinski definition) is 3. The predicted octanol–water partition coefficient (Wildman–Crippen LogP) is 2.71. The van der Waals surface area contributed by atoms with Gasteiger partial charge in [0.1, 0.15) is 11.8 Å². The van der Waals surface area contributed by atoms with Gasteiger partial charge in [0.15, 0.2) is 0 Å². The number of benzene rings is 2. The highest BCUT2D eigenvalue weighted by molar-refractivity contribution is 8.00. The van der Waals surface area contributed by atoms with E-state index in [4.69, 9.17) is 10.5 Å². The van der Waals surface area contributed by atoms with Crippen LogP contribution in [0.25, 0.3) is 0 Å². The molecule has 7 heteroatoms. The molecule has 0 unspecified atom stereocenters. The third-order valence-corrected chi connectivity index (χ3v) is 4.48. The molecule has 0 radical (unpaired) electrons. The second-order valence-electron chi connectivity index (χ2n) is 5.31. The summed E-state index contributed by atoms with van der Waals surface area (Å²) in [5.74, 6) is 0.196. The zero-order chi connectivity index (χ0) is 18.2. The fraction of sp³-hybridized carbons (Fsp3) is 0.222. The number of thioether (sulfide) groups is 1. The van der Waals surface area contributed by atoms with Crippen LogP contribution < -0.4 is 21.1 Å². The Morgan fingerprint density at radius 3 is 2.44 bits per heavy atom. The third-order valence-electron chi connectivity index (χ3n) is 3.39. The topological polar surface area (TPSA) is 93.4 Å². The highest BCUT2D eigenvalue weighted by Crippen LogP contribution is 2.28. The molecule has 4 N–H and O–H groups in total. The van der Waals surface area contributed by atoms with Crippen molar-refractivity contribution in [3.63, 3.8) is 0 Å². The number of nitrogens with two attached hydrogens (primary N) is 1. The quantitative estimate of drug-likeness (QED) is 0.630. The van der Waals surface area contributed by atoms with E-state index in [9.17, 15) is 9.59 Å². The molecule has 0 aliphatic heterocycles. The van der Waals surface area contributed by atoms with Crippen LogP contribution in [-0.4, -0.2) is 30.7 Å². The normalized spacial score (nSPS) is 11.4. The Labute approximate surface area is 151 Å². The van der Waals surface area contributed by atoms with E-state index in [-0.39, 0.29) is 17.6 Å². The molecule has 2 aromatic carbocycles. The molecule has 0 aliphatic rings. The minimum Gasteiger partial charge on any atom is -0.495 e. The number of anilines is 2. The predicted molar refractivity (Wildman–Crippen MR) is 101 cm³/mol. The summed E-state index contributed by atoms with van der Waals surface area (Å²) in [5.41, 5.74) is 6.58. The maximum absolute atomic E-state index is 12.5. The molecule has 0 saturated carbocycles. The molecule has 2 rings (SSSR count). The molecular formula is C18H21N3O3S. The smallest absolute Gasteiger partial charge is 0.246 e. The molecule has 0 aromatic heterocycles. The van der Waals surface area contributed by atoms with Crippen molar-refractivity contribution in [3.8, 4) is 5.75 Å². The van der Waals surface area contributed by atoms with Gasteiger partial charge in [-0.3, -0.25) is 9.59 Å². The van der Waals surface area contributed by atoms with Gasteiger partial charge in [0.2, 0.25) is 11.8 Å². The first kappa shape index (κ1) is 18.7. The molecule has 1 atom stereocenters. The first-order valence-corrected chi connectivity index (χ1v) is 8.70. The highest BCUT2D eigenvalue weighted by atomic mass is 32.2. The fourth-order valence-electron chi connectivity index (χ4n) is 2.15. The Kier molecular flexibility index (Phi) is 6.71. The van der Waals surface area contributed by atoms with Crippen LogP contribution in [0.15, 0.2) is 53.4 Å². The largest absolute Gasteiger partial charge is 0.495 e. The van der Waals surface area contributed by atoms with Crippen LogP contribution >= 0.6 is 11.8 Å². The number of hydrogen-bond acceptors (Lipinski definition) is 5. The summed E-state index contributed by atoms with van der Waals surface area (Å²) in [6.07, 6.45) is 0. The van der Waals surface area contributed by atoms with Gasteiger partial charge in [0.05, 0.1) is 18.6 Å². The Morgan fingerprint density at radius 1 is 1.12 bits per heavy atom. The van der Waals surface area contributed by atoms with Crippen LogP contribution in [-0.2, 0) is 9.59 Å². The third kappa shape index (κ3) is 5.42. The van der Waals surface area contributed by atoms with Gasteiger partial charge in [-0.25, -0.2) is 0 Å². The first-order chi connectivity index (χ1) is 12.0. The molecule has 25 heavy (non-hydrogen) atoms. The molecule has 132 valence electrons. The zero-order valence-corrected chi connectivity index (χ0v) is 14.9. The van der Waals surface area contributed by atoms with E-state index in [0.717, 1.165) is 10.6 Å². The van der Waals surface area contributed by atoms with Crippen molar-refractivity contribution in [3.05, 3.63) is 48.5 Å². The van der Waals surface area contributed by atoms with E-state index < -0.39 is 6.04 Å². The molecule has 0 fully saturated rings. The van der Waals surface area contributed by atoms with E-state index in [1.54, 1.807) is 26.2 Å². The van der Waals surface area contributed by atoms with Crippen LogP contribution in [0.2, 0.25) is 0 Å². The number of rotatable bonds is 8. The van der Waals surface area contributed by atoms with Crippen LogP contribution in [0.4, 0.5) is 11.4 Å². The summed E-state index contributed by atoms with van der Waals surface area (Å²) >= 11 is 1.33. The van der Waals surface area contributed by atoms with E-state index in [2.05, 4.69) is 10.6 Å². The standard InChI is InChI=1S/C18H21N3O3S/c1-12(18(23)21-13-7-3-5-9-15(13)24-2)20-14-8-4-6-10-16(14)25-11-17(19)22/h3-10,12,20H,11H2,1-2H3,(H2,19,22)(H,21,23)/t12-/m1/s1. The average Bonchev–Trinajstić information content (AvgIpc) is 2.61. The molecule has 2 aromatic rings. The molecule has 2 amide bonds. The number of primary amides is 1. The molecular weight excluding hydrogens is 338 g/mol. The molecule has 0 bridgehead atoms. The maximum Gasteiger partial charge on any atom is 0.246 e. The lowest BCUT2D eigenvalue weighted by molar-refractivity contribution is -0.117. The number of amides is 2. The van der Waals surface area contributed by atoms with Gasteiger partial charge in [-0.2, -0.15) is 0 Å². The van der Waals surface area contributed by atoms with Gasteiger partial charge in [0.25, 0.3) is 0 Å². The van der Waals surface area contributed by atoms with Gasteiger partial charge >= 0.3 is 0 Å². The van der Waals surface area contributed by atoms with E-state index in [1.807, 2.05) is 36.4 Å². The number of nitrogens with one attached hydrogen (secondary N) is 2. The average molecular weight is 359 g/mol. The van der Waals surface area contributed by atoms with Crippen molar-refractivity contribution in [2.45, 2.75) is 17.9 Å². The molecule has 0 heterocycles. The lowest BCUT2D eigenvalue weighted by Crippen LogP contribution is -2.32. The Morgan fingerprint density at radius 2 is 1.76 bits per heavy atom. The molecule has 0 spiro atoms. The van der Waals surface area contributed by atoms with Gasteiger partial charge in [-0.1, -0.05) is 24.3 Å². The van der Waals surface area contributed by atoms with E-state index in [1.165, 1.54) is 11.8 Å². The van der Waals surface area contributed by atoms with Crippen LogP contribution in [0.1, 0.15) is 6.92 Å². The van der Waals surface area contributed by atoms with Crippen molar-refractivity contribution >= 4 is 35.0 Å². The van der Waals surface area contributed by atoms with Crippen molar-refractivity contribution in [1.29, 1.82) is 0 Å². The summed E-state index contributed by atoms with van der Waals surface area (Å²) in [6.45, 7) is 1.76. The SMILES string of the molecule is COc1ccccc1NC(=O)[C@@H](C)Nc1ccccc1SCC(N)=O. The van der Waals surface area contributed by atoms with Crippen molar-refractivity contribution in [1.82, 2.24) is 0 Å². The number of carbonyl (C=O) groups is 2. The van der Waals surface area contributed by atoms with Gasteiger partial charge in [-0.15, -0.1) is 11.8 Å². The minimum absolute atomic E-state index is 0.181. The van der Waals surface area contributed by atoms with E-state index in [0.29, 0.717) is 11.4 Å². The monoisotopic (exact) mass is 359 g/mol. The maximum atomic E-state index is 12.5. The van der Waals surface area contributed by atoms with Crippen LogP contribution in [0.3, 0.4) is 0 Å². The Bertz CT molecular complexity index is 752. The number of methoxy groups -OCH3 is 1. The number of carbonyl (C=O) groups excluding carboxylic acids is 2. The minimum atomic E-state index is -0.486. The van der Waals surface area contributed by atoms with Gasteiger partial charge < -0.3 is 21.1 Å². The Hall–Kier alpha value is -2.67. The fourth-order valence-corrected chi connectivity index (χ4v) is 2.90. The van der Waals surface area contributed by atoms with E-state index >= 15 is 0 Å². The molecule has 6 nitrogen and oxygen atoms in total. The molecule has 0 saturated heterocycles. The summed E-state index contributed by atoms with van der Waals surface area (Å²) in [6, 6.07) is 14.2. The summed E-state index contributed by atoms with van der Waals surface area (Å²) in [7, 11) is 1.55. The lowest BCUT2D eigenvalue weighted by Gasteiger charge is -2.18. The van der Waals surface area contributed by atoms with Gasteiger partial charge in [-0.05, 0) is 31.2 Å². The second kappa shape index (κ2) is 8.98. The van der Waals surface area contributed by atoms with Crippen LogP contribution in [0.5, 0.6) is 5.75 Å². The highest BCUT2D eigenvalue weighted by Gasteiger charge is 2.16. The number of ether oxygens (including phenoxy) is 1. The molecule has 0 aliphatic carbocycles. The van der Waals surface area contributed by atoms with Crippen molar-refractivity contribution < 1.29 is 14.3 Å². The number of para-hydroxylation sites is 3. The summed E-state index contributed by atoms with van der Waals surface area (Å²) < 4.78 is 5.24. The second-order valence-corrected chi connectivity index (χ2v) is 6.32. The first-order valence-electron chi connectivity index (χ1n) is 7.72. The van der Waals surface area contributed by atoms with Crippen LogP contribution in [0, 0.1) is 0 Å².